The minimum Gasteiger partial charge on any atom is -0.335 e. The van der Waals surface area contributed by atoms with E-state index in [4.69, 9.17) is 0 Å². The third-order valence-electron chi connectivity index (χ3n) is 2.98. The number of hydrogen-bond donors (Lipinski definition) is 1. The molecule has 2 rings (SSSR count). The number of nitrogens with zero attached hydrogens (tertiary/aromatic N) is 2. The Kier molecular flexibility index (Phi) is 3.74. The minimum absolute atomic E-state index is 0.0216. The largest absolute Gasteiger partial charge is 0.335 e. The van der Waals surface area contributed by atoms with Crippen LogP contribution in [-0.2, 0) is 0 Å². The maximum absolute atomic E-state index is 12.2. The molecule has 4 amide bonds. The van der Waals surface area contributed by atoms with Crippen molar-refractivity contribution in [2.75, 3.05) is 18.0 Å². The summed E-state index contributed by atoms with van der Waals surface area (Å²) in [7, 11) is 0. The van der Waals surface area contributed by atoms with Crippen LogP contribution in [-0.4, -0.2) is 36.1 Å². The van der Waals surface area contributed by atoms with E-state index < -0.39 is 0 Å². The molecule has 1 heterocycles. The molecular formula is C14H19N3O2. The molecule has 0 radical (unpaired) electrons. The van der Waals surface area contributed by atoms with Crippen LogP contribution >= 0.6 is 0 Å². The lowest BCUT2D eigenvalue weighted by atomic mass is 10.2. The van der Waals surface area contributed by atoms with E-state index in [1.165, 1.54) is 4.90 Å². The maximum atomic E-state index is 12.2. The van der Waals surface area contributed by atoms with Gasteiger partial charge in [0.2, 0.25) is 0 Å². The Bertz CT molecular complexity index is 499. The van der Waals surface area contributed by atoms with Gasteiger partial charge in [-0.1, -0.05) is 12.1 Å². The van der Waals surface area contributed by atoms with Crippen molar-refractivity contribution in [1.82, 2.24) is 10.2 Å². The van der Waals surface area contributed by atoms with E-state index in [-0.39, 0.29) is 18.1 Å². The average Bonchev–Trinajstić information content (AvgIpc) is 2.70. The quantitative estimate of drug-likeness (QED) is 0.888. The Labute approximate surface area is 113 Å². The van der Waals surface area contributed by atoms with Gasteiger partial charge in [-0.05, 0) is 38.5 Å². The molecule has 0 saturated carbocycles. The van der Waals surface area contributed by atoms with Gasteiger partial charge >= 0.3 is 12.1 Å². The van der Waals surface area contributed by atoms with Crippen LogP contribution < -0.4 is 10.2 Å². The van der Waals surface area contributed by atoms with Gasteiger partial charge in [0, 0.05) is 18.3 Å². The Morgan fingerprint density at radius 3 is 2.68 bits per heavy atom. The first-order valence-electron chi connectivity index (χ1n) is 6.45. The highest BCUT2D eigenvalue weighted by molar-refractivity contribution is 6.04. The fourth-order valence-electron chi connectivity index (χ4n) is 2.09. The summed E-state index contributed by atoms with van der Waals surface area (Å²) in [6.45, 7) is 6.68. The average molecular weight is 261 g/mol. The Balaban J connectivity index is 2.12. The van der Waals surface area contributed by atoms with E-state index in [1.807, 2.05) is 45.0 Å². The standard InChI is InChI=1S/C14H19N3O2/c1-10(2)15-13(18)17-8-7-16(14(17)19)12-6-4-5-11(3)9-12/h4-6,9-10H,7-8H2,1-3H3,(H,15,18). The number of urea groups is 2. The van der Waals surface area contributed by atoms with Gasteiger partial charge in [-0.15, -0.1) is 0 Å². The topological polar surface area (TPSA) is 52.6 Å². The third kappa shape index (κ3) is 2.86. The van der Waals surface area contributed by atoms with Crippen LogP contribution in [0.5, 0.6) is 0 Å². The highest BCUT2D eigenvalue weighted by Gasteiger charge is 2.34. The van der Waals surface area contributed by atoms with E-state index in [1.54, 1.807) is 4.90 Å². The SMILES string of the molecule is Cc1cccc(N2CCN(C(=O)NC(C)C)C2=O)c1. The number of hydrogen-bond acceptors (Lipinski definition) is 2. The second-order valence-electron chi connectivity index (χ2n) is 5.03. The number of amides is 4. The summed E-state index contributed by atoms with van der Waals surface area (Å²) in [5.74, 6) is 0. The minimum atomic E-state index is -0.324. The van der Waals surface area contributed by atoms with Gasteiger partial charge in [0.05, 0.1) is 6.54 Å². The monoisotopic (exact) mass is 261 g/mol. The second-order valence-corrected chi connectivity index (χ2v) is 5.03. The fraction of sp³-hybridized carbons (Fsp3) is 0.429. The first kappa shape index (κ1) is 13.4. The summed E-state index contributed by atoms with van der Waals surface area (Å²) in [5, 5.41) is 2.74. The smallest absolute Gasteiger partial charge is 0.332 e. The number of imide groups is 1. The van der Waals surface area contributed by atoms with E-state index in [2.05, 4.69) is 5.32 Å². The number of carbonyl (C=O) groups is 2. The molecule has 5 nitrogen and oxygen atoms in total. The van der Waals surface area contributed by atoms with Crippen LogP contribution in [0.25, 0.3) is 0 Å². The fourth-order valence-corrected chi connectivity index (χ4v) is 2.09. The van der Waals surface area contributed by atoms with Gasteiger partial charge in [-0.3, -0.25) is 4.90 Å². The molecule has 0 aromatic heterocycles. The van der Waals surface area contributed by atoms with Crippen LogP contribution in [0.2, 0.25) is 0 Å². The van der Waals surface area contributed by atoms with E-state index in [0.29, 0.717) is 13.1 Å². The summed E-state index contributed by atoms with van der Waals surface area (Å²) in [6.07, 6.45) is 0. The third-order valence-corrected chi connectivity index (χ3v) is 2.98. The highest BCUT2D eigenvalue weighted by atomic mass is 16.2. The molecule has 0 atom stereocenters. The van der Waals surface area contributed by atoms with Crippen LogP contribution in [0.15, 0.2) is 24.3 Å². The van der Waals surface area contributed by atoms with Crippen LogP contribution in [0.1, 0.15) is 19.4 Å². The van der Waals surface area contributed by atoms with Crippen molar-refractivity contribution in [2.45, 2.75) is 26.8 Å². The van der Waals surface area contributed by atoms with Crippen molar-refractivity contribution >= 4 is 17.7 Å². The summed E-state index contributed by atoms with van der Waals surface area (Å²) in [4.78, 5) is 27.0. The predicted molar refractivity (Wildman–Crippen MR) is 74.3 cm³/mol. The number of aryl methyl sites for hydroxylation is 1. The Morgan fingerprint density at radius 1 is 1.32 bits per heavy atom. The molecule has 1 fully saturated rings. The zero-order valence-corrected chi connectivity index (χ0v) is 11.5. The first-order valence-corrected chi connectivity index (χ1v) is 6.45. The van der Waals surface area contributed by atoms with Crippen LogP contribution in [0.4, 0.5) is 15.3 Å². The van der Waals surface area contributed by atoms with Gasteiger partial charge in [0.15, 0.2) is 0 Å². The highest BCUT2D eigenvalue weighted by Crippen LogP contribution is 2.21. The van der Waals surface area contributed by atoms with Crippen molar-refractivity contribution in [3.63, 3.8) is 0 Å². The summed E-state index contributed by atoms with van der Waals surface area (Å²) >= 11 is 0. The van der Waals surface area contributed by atoms with Gasteiger partial charge < -0.3 is 5.32 Å². The van der Waals surface area contributed by atoms with Gasteiger partial charge in [0.1, 0.15) is 0 Å². The summed E-state index contributed by atoms with van der Waals surface area (Å²) in [5.41, 5.74) is 1.93. The number of carbonyl (C=O) groups excluding carboxylic acids is 2. The molecule has 1 N–H and O–H groups in total. The predicted octanol–water partition coefficient (Wildman–Crippen LogP) is 2.36. The number of nitrogens with one attached hydrogen (secondary N) is 1. The maximum Gasteiger partial charge on any atom is 0.332 e. The van der Waals surface area contributed by atoms with E-state index >= 15 is 0 Å². The first-order chi connectivity index (χ1) is 8.99. The summed E-state index contributed by atoms with van der Waals surface area (Å²) in [6, 6.07) is 7.16. The lowest BCUT2D eigenvalue weighted by Crippen LogP contribution is -2.45. The van der Waals surface area contributed by atoms with Crippen molar-refractivity contribution in [2.24, 2.45) is 0 Å². The molecular weight excluding hydrogens is 242 g/mol. The Morgan fingerprint density at radius 2 is 2.05 bits per heavy atom. The molecule has 1 aliphatic heterocycles. The van der Waals surface area contributed by atoms with Gasteiger partial charge in [0.25, 0.3) is 0 Å². The lowest BCUT2D eigenvalue weighted by molar-refractivity contribution is 0.198. The van der Waals surface area contributed by atoms with Gasteiger partial charge in [-0.2, -0.15) is 0 Å². The molecule has 5 heteroatoms. The van der Waals surface area contributed by atoms with Crippen molar-refractivity contribution in [3.05, 3.63) is 29.8 Å². The molecule has 0 spiro atoms. The van der Waals surface area contributed by atoms with Crippen molar-refractivity contribution < 1.29 is 9.59 Å². The van der Waals surface area contributed by atoms with Crippen LogP contribution in [0, 0.1) is 6.92 Å². The molecule has 1 aromatic rings. The number of anilines is 1. The number of rotatable bonds is 2. The molecule has 0 unspecified atom stereocenters. The van der Waals surface area contributed by atoms with Crippen molar-refractivity contribution in [3.8, 4) is 0 Å². The lowest BCUT2D eigenvalue weighted by Gasteiger charge is -2.19. The van der Waals surface area contributed by atoms with E-state index in [9.17, 15) is 9.59 Å². The second kappa shape index (κ2) is 5.30. The van der Waals surface area contributed by atoms with Gasteiger partial charge in [-0.25, -0.2) is 14.5 Å². The van der Waals surface area contributed by atoms with Crippen molar-refractivity contribution in [1.29, 1.82) is 0 Å². The molecule has 1 aromatic carbocycles. The normalized spacial score (nSPS) is 15.3. The number of benzene rings is 1. The summed E-state index contributed by atoms with van der Waals surface area (Å²) < 4.78 is 0. The Hall–Kier alpha value is -2.04. The molecule has 1 aliphatic rings. The van der Waals surface area contributed by atoms with Crippen LogP contribution in [0.3, 0.4) is 0 Å². The zero-order chi connectivity index (χ0) is 14.0. The van der Waals surface area contributed by atoms with E-state index in [0.717, 1.165) is 11.3 Å². The zero-order valence-electron chi connectivity index (χ0n) is 11.5. The molecule has 19 heavy (non-hydrogen) atoms. The molecule has 102 valence electrons. The molecule has 1 saturated heterocycles. The molecule has 0 aliphatic carbocycles. The molecule has 0 bridgehead atoms.